The van der Waals surface area contributed by atoms with Crippen LogP contribution in [-0.2, 0) is 14.4 Å². The molecule has 0 radical (unpaired) electrons. The lowest BCUT2D eigenvalue weighted by Gasteiger charge is -2.16. The third-order valence-electron chi connectivity index (χ3n) is 5.83. The topological polar surface area (TPSA) is 81.8 Å². The molecule has 178 valence electrons. The third kappa shape index (κ3) is 4.80. The monoisotopic (exact) mass is 468 g/mol. The summed E-state index contributed by atoms with van der Waals surface area (Å²) in [7, 11) is 3.91. The van der Waals surface area contributed by atoms with Crippen LogP contribution in [0.5, 0.6) is 0 Å². The average Bonchev–Trinajstić information content (AvgIpc) is 3.04. The standard InChI is InChI=1S/C28H28N4O3/c1-17-6-15-24(18(2)16-17)25-26(30-21-7-11-22(12-8-21)31(4)5)28(35)32(27(25)34)23-13-9-20(10-14-23)29-19(3)33/h6-16,30H,1-5H3,(H,29,33). The van der Waals surface area contributed by atoms with Gasteiger partial charge in [-0.2, -0.15) is 0 Å². The second-order valence-electron chi connectivity index (χ2n) is 8.81. The van der Waals surface area contributed by atoms with Crippen molar-refractivity contribution in [2.45, 2.75) is 20.8 Å². The summed E-state index contributed by atoms with van der Waals surface area (Å²) in [4.78, 5) is 41.8. The predicted octanol–water partition coefficient (Wildman–Crippen LogP) is 4.72. The largest absolute Gasteiger partial charge is 0.378 e. The minimum atomic E-state index is -0.436. The number of hydrogen-bond acceptors (Lipinski definition) is 5. The van der Waals surface area contributed by atoms with Gasteiger partial charge in [0.05, 0.1) is 11.3 Å². The molecule has 1 aliphatic heterocycles. The summed E-state index contributed by atoms with van der Waals surface area (Å²) < 4.78 is 0. The maximum absolute atomic E-state index is 13.7. The zero-order valence-electron chi connectivity index (χ0n) is 20.5. The van der Waals surface area contributed by atoms with E-state index < -0.39 is 11.8 Å². The molecule has 0 atom stereocenters. The lowest BCUT2D eigenvalue weighted by Crippen LogP contribution is -2.32. The van der Waals surface area contributed by atoms with Gasteiger partial charge in [-0.05, 0) is 73.5 Å². The van der Waals surface area contributed by atoms with Gasteiger partial charge in [0.1, 0.15) is 5.70 Å². The lowest BCUT2D eigenvalue weighted by molar-refractivity contribution is -0.120. The Morgan fingerprint density at radius 3 is 2.03 bits per heavy atom. The zero-order chi connectivity index (χ0) is 25.3. The third-order valence-corrected chi connectivity index (χ3v) is 5.83. The molecule has 7 heteroatoms. The SMILES string of the molecule is CC(=O)Nc1ccc(N2C(=O)C(Nc3ccc(N(C)C)cc3)=C(c3ccc(C)cc3C)C2=O)cc1. The van der Waals surface area contributed by atoms with E-state index in [1.54, 1.807) is 24.3 Å². The summed E-state index contributed by atoms with van der Waals surface area (Å²) in [5, 5.41) is 5.90. The molecular formula is C28H28N4O3. The molecule has 0 unspecified atom stereocenters. The van der Waals surface area contributed by atoms with E-state index in [0.29, 0.717) is 28.2 Å². The molecule has 3 aromatic carbocycles. The second kappa shape index (κ2) is 9.46. The molecule has 0 saturated carbocycles. The highest BCUT2D eigenvalue weighted by Crippen LogP contribution is 2.35. The highest BCUT2D eigenvalue weighted by atomic mass is 16.2. The Balaban J connectivity index is 1.76. The van der Waals surface area contributed by atoms with Crippen molar-refractivity contribution in [3.05, 3.63) is 89.1 Å². The smallest absolute Gasteiger partial charge is 0.282 e. The molecule has 1 heterocycles. The maximum atomic E-state index is 13.7. The second-order valence-corrected chi connectivity index (χ2v) is 8.81. The van der Waals surface area contributed by atoms with Gasteiger partial charge in [0.25, 0.3) is 11.8 Å². The van der Waals surface area contributed by atoms with Crippen molar-refractivity contribution in [2.24, 2.45) is 0 Å². The van der Waals surface area contributed by atoms with E-state index in [9.17, 15) is 14.4 Å². The van der Waals surface area contributed by atoms with E-state index in [1.807, 2.05) is 75.3 Å². The van der Waals surface area contributed by atoms with Crippen LogP contribution in [0.4, 0.5) is 22.7 Å². The van der Waals surface area contributed by atoms with Crippen molar-refractivity contribution < 1.29 is 14.4 Å². The number of hydrogen-bond donors (Lipinski definition) is 2. The van der Waals surface area contributed by atoms with E-state index in [2.05, 4.69) is 10.6 Å². The van der Waals surface area contributed by atoms with Crippen molar-refractivity contribution in [1.29, 1.82) is 0 Å². The minimum Gasteiger partial charge on any atom is -0.378 e. The number of carbonyl (C=O) groups is 3. The lowest BCUT2D eigenvalue weighted by atomic mass is 9.97. The Labute approximate surface area is 205 Å². The maximum Gasteiger partial charge on any atom is 0.282 e. The highest BCUT2D eigenvalue weighted by molar-refractivity contribution is 6.46. The van der Waals surface area contributed by atoms with Gasteiger partial charge < -0.3 is 15.5 Å². The van der Waals surface area contributed by atoms with Crippen molar-refractivity contribution in [3.63, 3.8) is 0 Å². The van der Waals surface area contributed by atoms with Gasteiger partial charge in [-0.25, -0.2) is 4.90 Å². The molecule has 7 nitrogen and oxygen atoms in total. The van der Waals surface area contributed by atoms with E-state index >= 15 is 0 Å². The Kier molecular flexibility index (Phi) is 6.42. The molecule has 0 spiro atoms. The predicted molar refractivity (Wildman–Crippen MR) is 140 cm³/mol. The van der Waals surface area contributed by atoms with Crippen LogP contribution in [0.1, 0.15) is 23.6 Å². The zero-order valence-corrected chi connectivity index (χ0v) is 20.5. The Bertz CT molecular complexity index is 1340. The number of rotatable bonds is 6. The quantitative estimate of drug-likeness (QED) is 0.512. The van der Waals surface area contributed by atoms with Crippen LogP contribution in [0.3, 0.4) is 0 Å². The highest BCUT2D eigenvalue weighted by Gasteiger charge is 2.40. The first-order valence-electron chi connectivity index (χ1n) is 11.3. The average molecular weight is 469 g/mol. The van der Waals surface area contributed by atoms with Gasteiger partial charge in [-0.1, -0.05) is 23.8 Å². The molecule has 2 N–H and O–H groups in total. The number of amides is 3. The first-order valence-corrected chi connectivity index (χ1v) is 11.3. The van der Waals surface area contributed by atoms with Crippen LogP contribution in [0, 0.1) is 13.8 Å². The molecule has 0 aromatic heterocycles. The van der Waals surface area contributed by atoms with E-state index in [4.69, 9.17) is 0 Å². The molecule has 3 aromatic rings. The van der Waals surface area contributed by atoms with E-state index in [-0.39, 0.29) is 11.6 Å². The fourth-order valence-electron chi connectivity index (χ4n) is 4.11. The van der Waals surface area contributed by atoms with Crippen molar-refractivity contribution >= 4 is 46.0 Å². The molecule has 1 aliphatic rings. The summed E-state index contributed by atoms with van der Waals surface area (Å²) >= 11 is 0. The van der Waals surface area contributed by atoms with Gasteiger partial charge in [-0.15, -0.1) is 0 Å². The number of anilines is 4. The summed E-state index contributed by atoms with van der Waals surface area (Å²) in [5.41, 5.74) is 5.98. The fourth-order valence-corrected chi connectivity index (χ4v) is 4.11. The Morgan fingerprint density at radius 1 is 0.829 bits per heavy atom. The molecule has 4 rings (SSSR count). The summed E-state index contributed by atoms with van der Waals surface area (Å²) in [6.45, 7) is 5.34. The number of aryl methyl sites for hydroxylation is 2. The Hall–Kier alpha value is -4.39. The number of imide groups is 1. The van der Waals surface area contributed by atoms with Crippen molar-refractivity contribution in [1.82, 2.24) is 0 Å². The van der Waals surface area contributed by atoms with Gasteiger partial charge in [0.2, 0.25) is 5.91 Å². The van der Waals surface area contributed by atoms with Crippen LogP contribution in [0.25, 0.3) is 5.57 Å². The molecule has 3 amide bonds. The van der Waals surface area contributed by atoms with Gasteiger partial charge in [0.15, 0.2) is 0 Å². The summed E-state index contributed by atoms with van der Waals surface area (Å²) in [5.74, 6) is -1.03. The van der Waals surface area contributed by atoms with Crippen LogP contribution in [-0.4, -0.2) is 31.8 Å². The first-order chi connectivity index (χ1) is 16.7. The molecule has 0 aliphatic carbocycles. The number of benzene rings is 3. The molecule has 0 bridgehead atoms. The van der Waals surface area contributed by atoms with Crippen LogP contribution >= 0.6 is 0 Å². The first kappa shape index (κ1) is 23.8. The summed E-state index contributed by atoms with van der Waals surface area (Å²) in [6, 6.07) is 20.1. The molecule has 0 saturated heterocycles. The van der Waals surface area contributed by atoms with Crippen LogP contribution in [0.2, 0.25) is 0 Å². The molecule has 35 heavy (non-hydrogen) atoms. The van der Waals surface area contributed by atoms with Crippen molar-refractivity contribution in [2.75, 3.05) is 34.5 Å². The number of nitrogens with zero attached hydrogens (tertiary/aromatic N) is 2. The van der Waals surface area contributed by atoms with Gasteiger partial charge in [0, 0.05) is 38.1 Å². The van der Waals surface area contributed by atoms with Crippen LogP contribution in [0.15, 0.2) is 72.4 Å². The van der Waals surface area contributed by atoms with E-state index in [1.165, 1.54) is 11.8 Å². The van der Waals surface area contributed by atoms with Gasteiger partial charge >= 0.3 is 0 Å². The van der Waals surface area contributed by atoms with Gasteiger partial charge in [-0.3, -0.25) is 14.4 Å². The molecular weight excluding hydrogens is 440 g/mol. The number of carbonyl (C=O) groups excluding carboxylic acids is 3. The summed E-state index contributed by atoms with van der Waals surface area (Å²) in [6.07, 6.45) is 0. The van der Waals surface area contributed by atoms with E-state index in [0.717, 1.165) is 16.8 Å². The van der Waals surface area contributed by atoms with Crippen LogP contribution < -0.4 is 20.4 Å². The minimum absolute atomic E-state index is 0.198. The normalized spacial score (nSPS) is 13.3. The number of nitrogens with one attached hydrogen (secondary N) is 2. The van der Waals surface area contributed by atoms with Crippen molar-refractivity contribution in [3.8, 4) is 0 Å². The Morgan fingerprint density at radius 2 is 1.46 bits per heavy atom. The fraction of sp³-hybridized carbons (Fsp3) is 0.179. The molecule has 0 fully saturated rings.